The predicted molar refractivity (Wildman–Crippen MR) is 61.2 cm³/mol. The van der Waals surface area contributed by atoms with E-state index >= 15 is 0 Å². The van der Waals surface area contributed by atoms with Gasteiger partial charge < -0.3 is 10.6 Å². The molecule has 0 saturated carbocycles. The van der Waals surface area contributed by atoms with Crippen molar-refractivity contribution in [3.63, 3.8) is 0 Å². The molecule has 4 heteroatoms. The molecule has 0 atom stereocenters. The van der Waals surface area contributed by atoms with E-state index in [4.69, 9.17) is 0 Å². The third-order valence-corrected chi connectivity index (χ3v) is 1.86. The normalized spacial score (nSPS) is 9.44. The zero-order valence-electron chi connectivity index (χ0n) is 9.38. The van der Waals surface area contributed by atoms with E-state index in [0.717, 1.165) is 11.1 Å². The standard InChI is InChI=1S/C12H15FN2O/c1-9(2)7-14-12(16)15-8-10-3-5-11(13)6-4-10/h3-7H,8H2,1-2H3,(H2,14,15,16). The van der Waals surface area contributed by atoms with E-state index in [2.05, 4.69) is 10.6 Å². The fraction of sp³-hybridized carbons (Fsp3) is 0.250. The summed E-state index contributed by atoms with van der Waals surface area (Å²) < 4.78 is 12.6. The molecule has 1 rings (SSSR count). The lowest BCUT2D eigenvalue weighted by Gasteiger charge is -2.04. The Morgan fingerprint density at radius 1 is 1.31 bits per heavy atom. The van der Waals surface area contributed by atoms with Gasteiger partial charge in [-0.3, -0.25) is 0 Å². The van der Waals surface area contributed by atoms with Crippen LogP contribution in [0.15, 0.2) is 36.0 Å². The van der Waals surface area contributed by atoms with Gasteiger partial charge in [-0.25, -0.2) is 9.18 Å². The minimum atomic E-state index is -0.280. The number of allylic oxidation sites excluding steroid dienone is 1. The van der Waals surface area contributed by atoms with Gasteiger partial charge in [0, 0.05) is 12.7 Å². The third kappa shape index (κ3) is 4.59. The molecule has 0 unspecified atom stereocenters. The van der Waals surface area contributed by atoms with Gasteiger partial charge in [-0.15, -0.1) is 0 Å². The molecule has 2 amide bonds. The average Bonchev–Trinajstić information content (AvgIpc) is 2.25. The summed E-state index contributed by atoms with van der Waals surface area (Å²) in [6.07, 6.45) is 1.62. The predicted octanol–water partition coefficient (Wildman–Crippen LogP) is 2.55. The number of halogens is 1. The minimum Gasteiger partial charge on any atom is -0.334 e. The highest BCUT2D eigenvalue weighted by molar-refractivity contribution is 5.74. The van der Waals surface area contributed by atoms with Gasteiger partial charge >= 0.3 is 6.03 Å². The largest absolute Gasteiger partial charge is 0.334 e. The molecule has 2 N–H and O–H groups in total. The van der Waals surface area contributed by atoms with Crippen LogP contribution in [-0.2, 0) is 6.54 Å². The Bertz CT molecular complexity index is 381. The summed E-state index contributed by atoms with van der Waals surface area (Å²) in [7, 11) is 0. The number of amides is 2. The SMILES string of the molecule is CC(C)=CNC(=O)NCc1ccc(F)cc1. The molecule has 1 aromatic carbocycles. The quantitative estimate of drug-likeness (QED) is 0.810. The maximum Gasteiger partial charge on any atom is 0.319 e. The van der Waals surface area contributed by atoms with Crippen molar-refractivity contribution in [1.29, 1.82) is 0 Å². The molecule has 3 nitrogen and oxygen atoms in total. The molecule has 0 aromatic heterocycles. The van der Waals surface area contributed by atoms with Crippen molar-refractivity contribution in [2.75, 3.05) is 0 Å². The fourth-order valence-corrected chi connectivity index (χ4v) is 1.05. The number of benzene rings is 1. The third-order valence-electron chi connectivity index (χ3n) is 1.86. The first-order valence-electron chi connectivity index (χ1n) is 5.00. The van der Waals surface area contributed by atoms with Crippen LogP contribution >= 0.6 is 0 Å². The van der Waals surface area contributed by atoms with Crippen molar-refractivity contribution in [3.8, 4) is 0 Å². The first-order chi connectivity index (χ1) is 7.58. The van der Waals surface area contributed by atoms with Crippen LogP contribution in [0.1, 0.15) is 19.4 Å². The van der Waals surface area contributed by atoms with Crippen LogP contribution in [-0.4, -0.2) is 6.03 Å². The lowest BCUT2D eigenvalue weighted by atomic mass is 10.2. The van der Waals surface area contributed by atoms with Crippen LogP contribution in [0.2, 0.25) is 0 Å². The Kier molecular flexibility index (Phi) is 4.51. The second-order valence-electron chi connectivity index (χ2n) is 3.68. The molecule has 0 fully saturated rings. The van der Waals surface area contributed by atoms with Gasteiger partial charge in [-0.1, -0.05) is 17.7 Å². The minimum absolute atomic E-state index is 0.273. The van der Waals surface area contributed by atoms with E-state index in [9.17, 15) is 9.18 Å². The highest BCUT2D eigenvalue weighted by atomic mass is 19.1. The number of carbonyl (C=O) groups is 1. The molecule has 86 valence electrons. The molecule has 0 saturated heterocycles. The molecular weight excluding hydrogens is 207 g/mol. The summed E-state index contributed by atoms with van der Waals surface area (Å²) in [5, 5.41) is 5.23. The van der Waals surface area contributed by atoms with Crippen LogP contribution in [0.5, 0.6) is 0 Å². The summed E-state index contributed by atoms with van der Waals surface area (Å²) >= 11 is 0. The molecule has 0 spiro atoms. The number of carbonyl (C=O) groups excluding carboxylic acids is 1. The van der Waals surface area contributed by atoms with Crippen molar-refractivity contribution in [2.24, 2.45) is 0 Å². The van der Waals surface area contributed by atoms with E-state index in [1.165, 1.54) is 12.1 Å². The smallest absolute Gasteiger partial charge is 0.319 e. The van der Waals surface area contributed by atoms with Crippen molar-refractivity contribution in [3.05, 3.63) is 47.4 Å². The molecule has 0 radical (unpaired) electrons. The number of rotatable bonds is 3. The van der Waals surface area contributed by atoms with Crippen LogP contribution in [0.3, 0.4) is 0 Å². The monoisotopic (exact) mass is 222 g/mol. The fourth-order valence-electron chi connectivity index (χ4n) is 1.05. The van der Waals surface area contributed by atoms with Gasteiger partial charge in [0.2, 0.25) is 0 Å². The average molecular weight is 222 g/mol. The first-order valence-corrected chi connectivity index (χ1v) is 5.00. The lowest BCUT2D eigenvalue weighted by Crippen LogP contribution is -2.31. The van der Waals surface area contributed by atoms with Crippen molar-refractivity contribution in [1.82, 2.24) is 10.6 Å². The second kappa shape index (κ2) is 5.90. The van der Waals surface area contributed by atoms with E-state index in [1.807, 2.05) is 13.8 Å². The van der Waals surface area contributed by atoms with E-state index < -0.39 is 0 Å². The van der Waals surface area contributed by atoms with E-state index in [1.54, 1.807) is 18.3 Å². The van der Waals surface area contributed by atoms with E-state index in [-0.39, 0.29) is 11.8 Å². The molecule has 0 aliphatic rings. The molecule has 0 heterocycles. The Morgan fingerprint density at radius 2 is 1.94 bits per heavy atom. The van der Waals surface area contributed by atoms with Crippen molar-refractivity contribution < 1.29 is 9.18 Å². The maximum absolute atomic E-state index is 12.6. The second-order valence-corrected chi connectivity index (χ2v) is 3.68. The zero-order valence-corrected chi connectivity index (χ0v) is 9.38. The summed E-state index contributed by atoms with van der Waals surface area (Å²) in [4.78, 5) is 11.2. The van der Waals surface area contributed by atoms with Crippen LogP contribution in [0.25, 0.3) is 0 Å². The highest BCUT2D eigenvalue weighted by Crippen LogP contribution is 2.01. The van der Waals surface area contributed by atoms with Gasteiger partial charge in [0.25, 0.3) is 0 Å². The van der Waals surface area contributed by atoms with Gasteiger partial charge in [0.15, 0.2) is 0 Å². The Labute approximate surface area is 94.4 Å². The van der Waals surface area contributed by atoms with Crippen LogP contribution in [0, 0.1) is 5.82 Å². The molecule has 0 aliphatic carbocycles. The van der Waals surface area contributed by atoms with Crippen LogP contribution in [0.4, 0.5) is 9.18 Å². The number of hydrogen-bond donors (Lipinski definition) is 2. The van der Waals surface area contributed by atoms with Gasteiger partial charge in [-0.05, 0) is 31.5 Å². The number of nitrogens with one attached hydrogen (secondary N) is 2. The summed E-state index contributed by atoms with van der Waals surface area (Å²) in [6, 6.07) is 5.73. The first kappa shape index (κ1) is 12.2. The van der Waals surface area contributed by atoms with Gasteiger partial charge in [0.1, 0.15) is 5.82 Å². The van der Waals surface area contributed by atoms with Crippen molar-refractivity contribution >= 4 is 6.03 Å². The number of urea groups is 1. The molecule has 0 bridgehead atoms. The Morgan fingerprint density at radius 3 is 2.50 bits per heavy atom. The molecule has 1 aromatic rings. The number of hydrogen-bond acceptors (Lipinski definition) is 1. The molecular formula is C12H15FN2O. The highest BCUT2D eigenvalue weighted by Gasteiger charge is 1.98. The Balaban J connectivity index is 2.37. The summed E-state index contributed by atoms with van der Waals surface area (Å²) in [5.74, 6) is -0.280. The Hall–Kier alpha value is -1.84. The van der Waals surface area contributed by atoms with Crippen molar-refractivity contribution in [2.45, 2.75) is 20.4 Å². The lowest BCUT2D eigenvalue weighted by molar-refractivity contribution is 0.243. The van der Waals surface area contributed by atoms with Crippen LogP contribution < -0.4 is 10.6 Å². The zero-order chi connectivity index (χ0) is 12.0. The molecule has 0 aliphatic heterocycles. The summed E-state index contributed by atoms with van der Waals surface area (Å²) in [5.41, 5.74) is 1.87. The van der Waals surface area contributed by atoms with Gasteiger partial charge in [-0.2, -0.15) is 0 Å². The van der Waals surface area contributed by atoms with Gasteiger partial charge in [0.05, 0.1) is 0 Å². The molecule has 16 heavy (non-hydrogen) atoms. The van der Waals surface area contributed by atoms with E-state index in [0.29, 0.717) is 6.54 Å². The maximum atomic E-state index is 12.6. The summed E-state index contributed by atoms with van der Waals surface area (Å²) in [6.45, 7) is 4.16. The topological polar surface area (TPSA) is 41.1 Å².